The van der Waals surface area contributed by atoms with E-state index in [9.17, 15) is 14.7 Å². The molecule has 0 spiro atoms. The predicted molar refractivity (Wildman–Crippen MR) is 90.4 cm³/mol. The van der Waals surface area contributed by atoms with E-state index in [4.69, 9.17) is 0 Å². The van der Waals surface area contributed by atoms with E-state index in [1.165, 1.54) is 16.2 Å². The molecule has 1 aromatic heterocycles. The molecule has 6 heteroatoms. The lowest BCUT2D eigenvalue weighted by atomic mass is 10.0. The van der Waals surface area contributed by atoms with Crippen molar-refractivity contribution in [3.05, 3.63) is 57.8 Å². The minimum absolute atomic E-state index is 0.0444. The van der Waals surface area contributed by atoms with Crippen LogP contribution in [0.2, 0.25) is 0 Å². The van der Waals surface area contributed by atoms with Crippen molar-refractivity contribution in [1.82, 2.24) is 10.2 Å². The average Bonchev–Trinajstić information content (AvgIpc) is 3.06. The Labute approximate surface area is 139 Å². The van der Waals surface area contributed by atoms with Gasteiger partial charge in [0.25, 0.3) is 5.91 Å². The number of aliphatic hydroxyl groups is 1. The zero-order valence-corrected chi connectivity index (χ0v) is 14.0. The minimum atomic E-state index is -0.765. The van der Waals surface area contributed by atoms with Crippen LogP contribution in [-0.2, 0) is 4.79 Å². The van der Waals surface area contributed by atoms with Crippen molar-refractivity contribution in [2.75, 3.05) is 20.1 Å². The Bertz CT molecular complexity index is 670. The molecule has 1 aromatic carbocycles. The number of aliphatic hydroxyl groups excluding tert-OH is 1. The number of carbonyl (C=O) groups is 2. The first kappa shape index (κ1) is 17.2. The van der Waals surface area contributed by atoms with Crippen molar-refractivity contribution in [2.45, 2.75) is 13.0 Å². The van der Waals surface area contributed by atoms with E-state index in [0.717, 1.165) is 11.1 Å². The summed E-state index contributed by atoms with van der Waals surface area (Å²) in [7, 11) is 1.58. The Hall–Kier alpha value is -2.18. The fourth-order valence-corrected chi connectivity index (χ4v) is 2.93. The van der Waals surface area contributed by atoms with Crippen LogP contribution in [0.25, 0.3) is 0 Å². The number of carbonyl (C=O) groups excluding carboxylic acids is 2. The Morgan fingerprint density at radius 1 is 1.26 bits per heavy atom. The van der Waals surface area contributed by atoms with Crippen LogP contribution in [0.1, 0.15) is 26.9 Å². The van der Waals surface area contributed by atoms with Gasteiger partial charge in [-0.25, -0.2) is 0 Å². The molecular weight excluding hydrogens is 312 g/mol. The predicted octanol–water partition coefficient (Wildman–Crippen LogP) is 1.98. The van der Waals surface area contributed by atoms with E-state index in [2.05, 4.69) is 5.32 Å². The summed E-state index contributed by atoms with van der Waals surface area (Å²) < 4.78 is 0. The number of amides is 2. The molecule has 0 aliphatic heterocycles. The molecule has 2 aromatic rings. The molecule has 23 heavy (non-hydrogen) atoms. The second kappa shape index (κ2) is 7.89. The molecule has 1 unspecified atom stereocenters. The maximum Gasteiger partial charge on any atom is 0.264 e. The summed E-state index contributed by atoms with van der Waals surface area (Å²) in [4.78, 5) is 25.9. The first-order valence-corrected chi connectivity index (χ1v) is 8.16. The van der Waals surface area contributed by atoms with Gasteiger partial charge in [0.15, 0.2) is 0 Å². The molecule has 0 aliphatic rings. The third-order valence-electron chi connectivity index (χ3n) is 3.50. The topological polar surface area (TPSA) is 69.6 Å². The molecule has 0 bridgehead atoms. The third-order valence-corrected chi connectivity index (χ3v) is 4.36. The smallest absolute Gasteiger partial charge is 0.264 e. The molecule has 1 heterocycles. The number of aryl methyl sites for hydroxylation is 1. The summed E-state index contributed by atoms with van der Waals surface area (Å²) in [6, 6.07) is 11.0. The SMILES string of the molecule is Cc1ccccc1C(O)CNC(=O)CN(C)C(=O)c1cccs1. The summed E-state index contributed by atoms with van der Waals surface area (Å²) in [6.07, 6.45) is -0.765. The lowest BCUT2D eigenvalue weighted by Gasteiger charge is -2.18. The van der Waals surface area contributed by atoms with E-state index in [-0.39, 0.29) is 24.9 Å². The average molecular weight is 332 g/mol. The molecular formula is C17H20N2O3S. The monoisotopic (exact) mass is 332 g/mol. The summed E-state index contributed by atoms with van der Waals surface area (Å²) >= 11 is 1.34. The molecule has 1 atom stereocenters. The Kier molecular flexibility index (Phi) is 5.90. The van der Waals surface area contributed by atoms with Crippen molar-refractivity contribution in [1.29, 1.82) is 0 Å². The maximum atomic E-state index is 12.1. The summed E-state index contributed by atoms with van der Waals surface area (Å²) in [6.45, 7) is 1.98. The van der Waals surface area contributed by atoms with Gasteiger partial charge in [-0.3, -0.25) is 9.59 Å². The van der Waals surface area contributed by atoms with Gasteiger partial charge in [-0.2, -0.15) is 0 Å². The number of hydrogen-bond donors (Lipinski definition) is 2. The molecule has 0 saturated carbocycles. The van der Waals surface area contributed by atoms with Crippen LogP contribution in [0, 0.1) is 6.92 Å². The molecule has 2 rings (SSSR count). The van der Waals surface area contributed by atoms with Crippen molar-refractivity contribution in [3.63, 3.8) is 0 Å². The molecule has 0 fully saturated rings. The van der Waals surface area contributed by atoms with Crippen molar-refractivity contribution in [2.24, 2.45) is 0 Å². The number of likely N-dealkylation sites (N-methyl/N-ethyl adjacent to an activating group) is 1. The number of thiophene rings is 1. The van der Waals surface area contributed by atoms with Crippen LogP contribution in [0.15, 0.2) is 41.8 Å². The van der Waals surface area contributed by atoms with Crippen LogP contribution in [0.5, 0.6) is 0 Å². The van der Waals surface area contributed by atoms with Gasteiger partial charge in [0, 0.05) is 13.6 Å². The first-order valence-electron chi connectivity index (χ1n) is 7.28. The largest absolute Gasteiger partial charge is 0.387 e. The van der Waals surface area contributed by atoms with Gasteiger partial charge in [-0.1, -0.05) is 30.3 Å². The zero-order chi connectivity index (χ0) is 16.8. The van der Waals surface area contributed by atoms with Gasteiger partial charge in [-0.15, -0.1) is 11.3 Å². The lowest BCUT2D eigenvalue weighted by molar-refractivity contribution is -0.122. The molecule has 5 nitrogen and oxygen atoms in total. The van der Waals surface area contributed by atoms with Gasteiger partial charge in [0.05, 0.1) is 17.5 Å². The fourth-order valence-electron chi connectivity index (χ4n) is 2.21. The van der Waals surface area contributed by atoms with Crippen LogP contribution < -0.4 is 5.32 Å². The quantitative estimate of drug-likeness (QED) is 0.850. The van der Waals surface area contributed by atoms with Gasteiger partial charge in [0.2, 0.25) is 5.91 Å². The van der Waals surface area contributed by atoms with E-state index < -0.39 is 6.10 Å². The molecule has 122 valence electrons. The Balaban J connectivity index is 1.83. The first-order chi connectivity index (χ1) is 11.0. The summed E-state index contributed by atoms with van der Waals surface area (Å²) in [5, 5.41) is 14.6. The summed E-state index contributed by atoms with van der Waals surface area (Å²) in [5.41, 5.74) is 1.76. The molecule has 2 amide bonds. The standard InChI is InChI=1S/C17H20N2O3S/c1-12-6-3-4-7-13(12)14(20)10-18-16(21)11-19(2)17(22)15-8-5-9-23-15/h3-9,14,20H,10-11H2,1-2H3,(H,18,21). The minimum Gasteiger partial charge on any atom is -0.387 e. The van der Waals surface area contributed by atoms with E-state index in [1.54, 1.807) is 19.2 Å². The number of hydrogen-bond acceptors (Lipinski definition) is 4. The highest BCUT2D eigenvalue weighted by atomic mass is 32.1. The maximum absolute atomic E-state index is 12.1. The zero-order valence-electron chi connectivity index (χ0n) is 13.2. The van der Waals surface area contributed by atoms with Crippen LogP contribution in [0.4, 0.5) is 0 Å². The molecule has 0 radical (unpaired) electrons. The number of benzene rings is 1. The van der Waals surface area contributed by atoms with Crippen LogP contribution >= 0.6 is 11.3 Å². The molecule has 0 saturated heterocycles. The normalized spacial score (nSPS) is 11.8. The second-order valence-electron chi connectivity index (χ2n) is 5.31. The van der Waals surface area contributed by atoms with Crippen molar-refractivity contribution >= 4 is 23.2 Å². The lowest BCUT2D eigenvalue weighted by Crippen LogP contribution is -2.39. The van der Waals surface area contributed by atoms with Crippen molar-refractivity contribution in [3.8, 4) is 0 Å². The van der Waals surface area contributed by atoms with E-state index >= 15 is 0 Å². The van der Waals surface area contributed by atoms with Gasteiger partial charge in [0.1, 0.15) is 0 Å². The van der Waals surface area contributed by atoms with Crippen LogP contribution in [-0.4, -0.2) is 42.0 Å². The highest BCUT2D eigenvalue weighted by Gasteiger charge is 2.17. The summed E-state index contributed by atoms with van der Waals surface area (Å²) in [5.74, 6) is -0.486. The van der Waals surface area contributed by atoms with Gasteiger partial charge < -0.3 is 15.3 Å². The highest BCUT2D eigenvalue weighted by Crippen LogP contribution is 2.16. The number of nitrogens with zero attached hydrogens (tertiary/aromatic N) is 1. The Morgan fingerprint density at radius 2 is 2.00 bits per heavy atom. The fraction of sp³-hybridized carbons (Fsp3) is 0.294. The van der Waals surface area contributed by atoms with Crippen LogP contribution in [0.3, 0.4) is 0 Å². The Morgan fingerprint density at radius 3 is 2.65 bits per heavy atom. The van der Waals surface area contributed by atoms with Gasteiger partial charge in [-0.05, 0) is 29.5 Å². The third kappa shape index (κ3) is 4.64. The second-order valence-corrected chi connectivity index (χ2v) is 6.26. The van der Waals surface area contributed by atoms with E-state index in [0.29, 0.717) is 4.88 Å². The highest BCUT2D eigenvalue weighted by molar-refractivity contribution is 7.12. The van der Waals surface area contributed by atoms with Gasteiger partial charge >= 0.3 is 0 Å². The molecule has 2 N–H and O–H groups in total. The molecule has 0 aliphatic carbocycles. The van der Waals surface area contributed by atoms with Crippen molar-refractivity contribution < 1.29 is 14.7 Å². The number of rotatable bonds is 6. The van der Waals surface area contributed by atoms with E-state index in [1.807, 2.05) is 36.6 Å². The number of nitrogens with one attached hydrogen (secondary N) is 1.